The van der Waals surface area contributed by atoms with Crippen LogP contribution in [0.4, 0.5) is 29.3 Å². The van der Waals surface area contributed by atoms with Crippen LogP contribution in [0.5, 0.6) is 11.5 Å². The fourth-order valence-electron chi connectivity index (χ4n) is 4.74. The molecule has 0 saturated heterocycles. The molecule has 0 fully saturated rings. The first-order valence-corrected chi connectivity index (χ1v) is 15.8. The van der Waals surface area contributed by atoms with Crippen LogP contribution < -0.4 is 26.2 Å². The van der Waals surface area contributed by atoms with Crippen molar-refractivity contribution in [2.24, 2.45) is 0 Å². The molecule has 0 radical (unpaired) electrons. The van der Waals surface area contributed by atoms with Gasteiger partial charge in [0.1, 0.15) is 17.2 Å². The molecule has 10 nitrogen and oxygen atoms in total. The zero-order valence-corrected chi connectivity index (χ0v) is 27.3. The van der Waals surface area contributed by atoms with Gasteiger partial charge in [-0.1, -0.05) is 66.2 Å². The summed E-state index contributed by atoms with van der Waals surface area (Å²) in [6, 6.07) is 28.2. The standard InChI is InChI=1S/C37H29ClF3N5O5/c38-31-18-15-27(21-30(31)37(39,40)41)44-36(50)43-26-13-16-28(17-14-26)51-29-19-20-42-32(22-29)35(49)46-45-34(48)8-4-7-33(47)25-11-9-24(10-12-25)23-5-2-1-3-6-23/h1-3,5-6,9-22H,4,7-8H2,(H,45,48)(H,46,49)(H2,43,44,50). The number of ketones is 1. The number of hydrogen-bond acceptors (Lipinski definition) is 6. The van der Waals surface area contributed by atoms with Gasteiger partial charge in [0.05, 0.1) is 10.6 Å². The zero-order chi connectivity index (χ0) is 36.4. The summed E-state index contributed by atoms with van der Waals surface area (Å²) in [5, 5.41) is 4.33. The summed E-state index contributed by atoms with van der Waals surface area (Å²) < 4.78 is 45.1. The van der Waals surface area contributed by atoms with Crippen LogP contribution in [0.3, 0.4) is 0 Å². The highest BCUT2D eigenvalue weighted by molar-refractivity contribution is 6.31. The number of nitrogens with zero attached hydrogens (tertiary/aromatic N) is 1. The number of nitrogens with one attached hydrogen (secondary N) is 4. The van der Waals surface area contributed by atoms with E-state index in [0.717, 1.165) is 23.3 Å². The number of aromatic nitrogens is 1. The Bertz CT molecular complexity index is 2030. The van der Waals surface area contributed by atoms with Gasteiger partial charge < -0.3 is 15.4 Å². The van der Waals surface area contributed by atoms with E-state index in [-0.39, 0.29) is 42.2 Å². The molecule has 1 aromatic heterocycles. The minimum absolute atomic E-state index is 0.0112. The van der Waals surface area contributed by atoms with Crippen LogP contribution in [0, 0.1) is 0 Å². The lowest BCUT2D eigenvalue weighted by Gasteiger charge is -2.13. The lowest BCUT2D eigenvalue weighted by Crippen LogP contribution is -2.41. The maximum absolute atomic E-state index is 13.1. The van der Waals surface area contributed by atoms with Crippen molar-refractivity contribution in [2.45, 2.75) is 25.4 Å². The van der Waals surface area contributed by atoms with Crippen LogP contribution in [0.1, 0.15) is 45.7 Å². The van der Waals surface area contributed by atoms with E-state index in [1.807, 2.05) is 42.5 Å². The van der Waals surface area contributed by atoms with Crippen molar-refractivity contribution in [1.29, 1.82) is 0 Å². The third-order valence-corrected chi connectivity index (χ3v) is 7.61. The number of hydrogen-bond donors (Lipinski definition) is 4. The van der Waals surface area contributed by atoms with Crippen LogP contribution >= 0.6 is 11.6 Å². The molecular weight excluding hydrogens is 687 g/mol. The van der Waals surface area contributed by atoms with E-state index in [2.05, 4.69) is 26.5 Å². The Balaban J connectivity index is 1.04. The topological polar surface area (TPSA) is 139 Å². The number of carbonyl (C=O) groups is 4. The Kier molecular flexibility index (Phi) is 11.6. The monoisotopic (exact) mass is 715 g/mol. The lowest BCUT2D eigenvalue weighted by molar-refractivity contribution is -0.137. The first-order valence-electron chi connectivity index (χ1n) is 15.4. The van der Waals surface area contributed by atoms with Crippen molar-refractivity contribution in [3.05, 3.63) is 137 Å². The number of ether oxygens (including phenoxy) is 1. The number of carbonyl (C=O) groups excluding carboxylic acids is 4. The highest BCUT2D eigenvalue weighted by atomic mass is 35.5. The molecule has 260 valence electrons. The molecule has 1 heterocycles. The van der Waals surface area contributed by atoms with E-state index < -0.39 is 34.6 Å². The number of amides is 4. The normalized spacial score (nSPS) is 10.9. The molecule has 4 aromatic carbocycles. The van der Waals surface area contributed by atoms with E-state index in [1.165, 1.54) is 48.7 Å². The van der Waals surface area contributed by atoms with E-state index in [1.54, 1.807) is 12.1 Å². The maximum atomic E-state index is 13.1. The van der Waals surface area contributed by atoms with Crippen LogP contribution in [0.15, 0.2) is 115 Å². The van der Waals surface area contributed by atoms with Gasteiger partial charge in [-0.3, -0.25) is 30.2 Å². The molecule has 51 heavy (non-hydrogen) atoms. The van der Waals surface area contributed by atoms with E-state index in [9.17, 15) is 32.3 Å². The first kappa shape index (κ1) is 36.1. The summed E-state index contributed by atoms with van der Waals surface area (Å²) in [4.78, 5) is 53.8. The summed E-state index contributed by atoms with van der Waals surface area (Å²) in [6.07, 6.45) is -2.89. The summed E-state index contributed by atoms with van der Waals surface area (Å²) in [7, 11) is 0. The van der Waals surface area contributed by atoms with Crippen molar-refractivity contribution in [1.82, 2.24) is 15.8 Å². The summed E-state index contributed by atoms with van der Waals surface area (Å²) in [6.45, 7) is 0. The van der Waals surface area contributed by atoms with Crippen molar-refractivity contribution in [3.63, 3.8) is 0 Å². The van der Waals surface area contributed by atoms with Gasteiger partial charge in [0.15, 0.2) is 5.78 Å². The molecule has 0 saturated carbocycles. The molecule has 0 unspecified atom stereocenters. The van der Waals surface area contributed by atoms with Gasteiger partial charge in [0.2, 0.25) is 5.91 Å². The molecule has 14 heteroatoms. The SMILES string of the molecule is O=C(CCCC(=O)c1ccc(-c2ccccc2)cc1)NNC(=O)c1cc(Oc2ccc(NC(=O)Nc3ccc(Cl)c(C(F)(F)F)c3)cc2)ccn1. The van der Waals surface area contributed by atoms with Crippen LogP contribution in [-0.2, 0) is 11.0 Å². The quantitative estimate of drug-likeness (QED) is 0.0798. The van der Waals surface area contributed by atoms with Gasteiger partial charge in [0, 0.05) is 42.0 Å². The number of benzene rings is 4. The van der Waals surface area contributed by atoms with Crippen LogP contribution in [0.2, 0.25) is 5.02 Å². The number of pyridine rings is 1. The van der Waals surface area contributed by atoms with E-state index in [4.69, 9.17) is 16.3 Å². The number of Topliss-reactive ketones (excluding diaryl/α,β-unsaturated/α-hetero) is 1. The lowest BCUT2D eigenvalue weighted by atomic mass is 10.0. The van der Waals surface area contributed by atoms with Gasteiger partial charge in [-0.15, -0.1) is 0 Å². The van der Waals surface area contributed by atoms with Crippen molar-refractivity contribution in [3.8, 4) is 22.6 Å². The molecule has 5 aromatic rings. The number of rotatable bonds is 11. The molecule has 0 aliphatic carbocycles. The minimum Gasteiger partial charge on any atom is -0.457 e. The second-order valence-corrected chi connectivity index (χ2v) is 11.4. The van der Waals surface area contributed by atoms with E-state index in [0.29, 0.717) is 17.0 Å². The van der Waals surface area contributed by atoms with Crippen molar-refractivity contribution in [2.75, 3.05) is 10.6 Å². The number of alkyl halides is 3. The predicted octanol–water partition coefficient (Wildman–Crippen LogP) is 8.67. The molecule has 0 bridgehead atoms. The molecule has 0 aliphatic rings. The molecule has 4 N–H and O–H groups in total. The summed E-state index contributed by atoms with van der Waals surface area (Å²) >= 11 is 5.62. The van der Waals surface area contributed by atoms with Gasteiger partial charge in [-0.2, -0.15) is 13.2 Å². The van der Waals surface area contributed by atoms with Crippen molar-refractivity contribution < 1.29 is 37.1 Å². The van der Waals surface area contributed by atoms with Crippen molar-refractivity contribution >= 4 is 46.6 Å². The predicted molar refractivity (Wildman–Crippen MR) is 186 cm³/mol. The third-order valence-electron chi connectivity index (χ3n) is 7.28. The summed E-state index contributed by atoms with van der Waals surface area (Å²) in [5.41, 5.74) is 6.28. The smallest absolute Gasteiger partial charge is 0.417 e. The molecule has 4 amide bonds. The number of hydrazine groups is 1. The molecular formula is C37H29ClF3N5O5. The Hall–Kier alpha value is -6.21. The molecule has 5 rings (SSSR count). The second-order valence-electron chi connectivity index (χ2n) is 11.0. The fourth-order valence-corrected chi connectivity index (χ4v) is 4.97. The average molecular weight is 716 g/mol. The Labute approximate surface area is 295 Å². The number of urea groups is 1. The fraction of sp³-hybridized carbons (Fsp3) is 0.108. The van der Waals surface area contributed by atoms with Gasteiger partial charge in [0.25, 0.3) is 5.91 Å². The van der Waals surface area contributed by atoms with Gasteiger partial charge in [-0.05, 0) is 66.1 Å². The van der Waals surface area contributed by atoms with Crippen LogP contribution in [-0.4, -0.2) is 28.6 Å². The highest BCUT2D eigenvalue weighted by Crippen LogP contribution is 2.36. The van der Waals surface area contributed by atoms with Gasteiger partial charge >= 0.3 is 12.2 Å². The highest BCUT2D eigenvalue weighted by Gasteiger charge is 2.33. The molecule has 0 spiro atoms. The minimum atomic E-state index is -4.68. The Morgan fingerprint density at radius 3 is 2.08 bits per heavy atom. The van der Waals surface area contributed by atoms with E-state index >= 15 is 0 Å². The first-order chi connectivity index (χ1) is 24.4. The molecule has 0 atom stereocenters. The Morgan fingerprint density at radius 1 is 0.706 bits per heavy atom. The van der Waals surface area contributed by atoms with Crippen LogP contribution in [0.25, 0.3) is 11.1 Å². The third kappa shape index (κ3) is 10.4. The molecule has 0 aliphatic heterocycles. The average Bonchev–Trinajstić information content (AvgIpc) is 3.12. The largest absolute Gasteiger partial charge is 0.457 e. The zero-order valence-electron chi connectivity index (χ0n) is 26.6. The van der Waals surface area contributed by atoms with Gasteiger partial charge in [-0.25, -0.2) is 4.79 Å². The number of anilines is 2. The number of halogens is 4. The summed E-state index contributed by atoms with van der Waals surface area (Å²) in [5.74, 6) is -0.690. The Morgan fingerprint density at radius 2 is 1.37 bits per heavy atom. The maximum Gasteiger partial charge on any atom is 0.417 e. The second kappa shape index (κ2) is 16.5.